The van der Waals surface area contributed by atoms with Crippen molar-refractivity contribution in [2.24, 2.45) is 5.73 Å². The number of furan rings is 1. The minimum absolute atomic E-state index is 0.134. The van der Waals surface area contributed by atoms with Crippen LogP contribution in [0.25, 0.3) is 11.0 Å². The van der Waals surface area contributed by atoms with E-state index in [1.807, 2.05) is 13.0 Å². The fraction of sp³-hybridized carbons (Fsp3) is 0.400. The minimum atomic E-state index is -0.682. The quantitative estimate of drug-likeness (QED) is 0.656. The van der Waals surface area contributed by atoms with Crippen LogP contribution in [-0.2, 0) is 16.8 Å². The Balaban J connectivity index is 1.91. The lowest BCUT2D eigenvalue weighted by Gasteiger charge is -2.28. The van der Waals surface area contributed by atoms with Gasteiger partial charge < -0.3 is 24.7 Å². The molecule has 1 atom stereocenters. The Labute approximate surface area is 166 Å². The molecule has 3 aromatic rings. The first kappa shape index (κ1) is 18.9. The van der Waals surface area contributed by atoms with E-state index in [0.29, 0.717) is 54.3 Å². The molecule has 1 saturated heterocycles. The van der Waals surface area contributed by atoms with E-state index >= 15 is 0 Å². The smallest absolute Gasteiger partial charge is 0.252 e. The molecule has 7 nitrogen and oxygen atoms in total. The Morgan fingerprint density at radius 2 is 2.25 bits per heavy atom. The predicted molar refractivity (Wildman–Crippen MR) is 105 cm³/mol. The van der Waals surface area contributed by atoms with Gasteiger partial charge in [-0.2, -0.15) is 0 Å². The highest BCUT2D eigenvalue weighted by molar-refractivity contribution is 7.09. The summed E-state index contributed by atoms with van der Waals surface area (Å²) in [6, 6.07) is 3.59. The third-order valence-electron chi connectivity index (χ3n) is 5.38. The molecular weight excluding hydrogens is 380 g/mol. The number of aryl methyl sites for hydroxylation is 2. The normalized spacial score (nSPS) is 19.4. The van der Waals surface area contributed by atoms with Crippen LogP contribution in [0.4, 0.5) is 0 Å². The monoisotopic (exact) mass is 402 g/mol. The molecule has 0 bridgehead atoms. The van der Waals surface area contributed by atoms with E-state index in [2.05, 4.69) is 4.98 Å². The summed E-state index contributed by atoms with van der Waals surface area (Å²) in [6.07, 6.45) is 0.612. The molecular formula is C20H22N2O5S. The summed E-state index contributed by atoms with van der Waals surface area (Å²) in [6.45, 7) is 4.71. The second kappa shape index (κ2) is 7.20. The molecule has 1 aliphatic heterocycles. The molecule has 148 valence electrons. The van der Waals surface area contributed by atoms with Crippen molar-refractivity contribution in [1.82, 2.24) is 4.98 Å². The number of nitrogens with two attached hydrogens (primary N) is 1. The topological polar surface area (TPSA) is 108 Å². The third-order valence-corrected chi connectivity index (χ3v) is 6.29. The zero-order valence-corrected chi connectivity index (χ0v) is 16.6. The van der Waals surface area contributed by atoms with E-state index in [9.17, 15) is 9.90 Å². The van der Waals surface area contributed by atoms with Gasteiger partial charge in [-0.15, -0.1) is 11.3 Å². The molecule has 3 heterocycles. The third kappa shape index (κ3) is 2.97. The molecule has 0 saturated carbocycles. The van der Waals surface area contributed by atoms with Crippen molar-refractivity contribution >= 4 is 28.2 Å². The fourth-order valence-corrected chi connectivity index (χ4v) is 4.54. The largest absolute Gasteiger partial charge is 0.488 e. The van der Waals surface area contributed by atoms with E-state index in [0.717, 1.165) is 16.1 Å². The number of aliphatic hydroxyl groups is 1. The van der Waals surface area contributed by atoms with Gasteiger partial charge in [0.15, 0.2) is 0 Å². The number of carbonyl (C=O) groups excluding carboxylic acids is 1. The van der Waals surface area contributed by atoms with Crippen LogP contribution in [0.15, 0.2) is 22.1 Å². The Morgan fingerprint density at radius 1 is 1.43 bits per heavy atom. The summed E-state index contributed by atoms with van der Waals surface area (Å²) in [5.74, 6) is 0.467. The number of rotatable bonds is 6. The standard InChI is InChI=1S/C20H22N2O5S/c1-11-15(28-10-22-11)7-26-14-4-3-13-17(16(19(21)24)12(2)27-13)18(14)20(8-23)5-6-25-9-20/h3-4,10,23H,5-9H2,1-2H3,(H2,21,24). The molecule has 1 unspecified atom stereocenters. The first-order valence-corrected chi connectivity index (χ1v) is 9.91. The predicted octanol–water partition coefficient (Wildman–Crippen LogP) is 2.83. The van der Waals surface area contributed by atoms with Crippen LogP contribution >= 0.6 is 11.3 Å². The van der Waals surface area contributed by atoms with Crippen LogP contribution < -0.4 is 10.5 Å². The Hall–Kier alpha value is -2.42. The summed E-state index contributed by atoms with van der Waals surface area (Å²) < 4.78 is 17.6. The van der Waals surface area contributed by atoms with Gasteiger partial charge in [0.1, 0.15) is 23.7 Å². The maximum Gasteiger partial charge on any atom is 0.252 e. The van der Waals surface area contributed by atoms with Crippen molar-refractivity contribution in [2.45, 2.75) is 32.3 Å². The zero-order chi connectivity index (χ0) is 19.9. The van der Waals surface area contributed by atoms with Crippen molar-refractivity contribution in [3.63, 3.8) is 0 Å². The number of aromatic nitrogens is 1. The fourth-order valence-electron chi connectivity index (χ4n) is 3.85. The van der Waals surface area contributed by atoms with Gasteiger partial charge in [0.2, 0.25) is 0 Å². The molecule has 2 aromatic heterocycles. The molecule has 1 aromatic carbocycles. The highest BCUT2D eigenvalue weighted by atomic mass is 32.1. The lowest BCUT2D eigenvalue weighted by Crippen LogP contribution is -2.32. The number of primary amides is 1. The molecule has 4 rings (SSSR count). The number of fused-ring (bicyclic) bond motifs is 1. The second-order valence-electron chi connectivity index (χ2n) is 7.10. The van der Waals surface area contributed by atoms with Gasteiger partial charge in [0, 0.05) is 23.0 Å². The van der Waals surface area contributed by atoms with Crippen molar-refractivity contribution < 1.29 is 23.8 Å². The molecule has 0 radical (unpaired) electrons. The zero-order valence-electron chi connectivity index (χ0n) is 15.8. The van der Waals surface area contributed by atoms with E-state index in [1.54, 1.807) is 18.5 Å². The van der Waals surface area contributed by atoms with Gasteiger partial charge in [-0.05, 0) is 32.4 Å². The van der Waals surface area contributed by atoms with Crippen molar-refractivity contribution in [2.75, 3.05) is 19.8 Å². The number of nitrogens with zero attached hydrogens (tertiary/aromatic N) is 1. The minimum Gasteiger partial charge on any atom is -0.488 e. The molecule has 1 amide bonds. The van der Waals surface area contributed by atoms with Crippen LogP contribution in [0, 0.1) is 13.8 Å². The molecule has 28 heavy (non-hydrogen) atoms. The lowest BCUT2D eigenvalue weighted by atomic mass is 9.77. The molecule has 0 spiro atoms. The van der Waals surface area contributed by atoms with Gasteiger partial charge in [-0.1, -0.05) is 0 Å². The van der Waals surface area contributed by atoms with Crippen molar-refractivity contribution in [3.8, 4) is 5.75 Å². The molecule has 1 fully saturated rings. The Kier molecular flexibility index (Phi) is 4.86. The van der Waals surface area contributed by atoms with Crippen LogP contribution in [0.5, 0.6) is 5.75 Å². The maximum absolute atomic E-state index is 12.2. The maximum atomic E-state index is 12.2. The van der Waals surface area contributed by atoms with Crippen LogP contribution in [0.3, 0.4) is 0 Å². The van der Waals surface area contributed by atoms with Gasteiger partial charge in [0.25, 0.3) is 5.91 Å². The molecule has 1 aliphatic rings. The Morgan fingerprint density at radius 3 is 2.86 bits per heavy atom. The van der Waals surface area contributed by atoms with E-state index in [4.69, 9.17) is 19.6 Å². The highest BCUT2D eigenvalue weighted by Gasteiger charge is 2.41. The molecule has 8 heteroatoms. The number of hydrogen-bond acceptors (Lipinski definition) is 7. The Bertz CT molecular complexity index is 1030. The van der Waals surface area contributed by atoms with E-state index < -0.39 is 11.3 Å². The number of benzene rings is 1. The number of thiazole rings is 1. The summed E-state index contributed by atoms with van der Waals surface area (Å²) in [7, 11) is 0. The van der Waals surface area contributed by atoms with Gasteiger partial charge in [-0.3, -0.25) is 4.79 Å². The van der Waals surface area contributed by atoms with Gasteiger partial charge >= 0.3 is 0 Å². The first-order valence-electron chi connectivity index (χ1n) is 9.03. The molecule has 3 N–H and O–H groups in total. The summed E-state index contributed by atoms with van der Waals surface area (Å²) in [4.78, 5) is 17.4. The number of ether oxygens (including phenoxy) is 2. The average molecular weight is 402 g/mol. The van der Waals surface area contributed by atoms with Gasteiger partial charge in [0.05, 0.1) is 34.9 Å². The average Bonchev–Trinajstić information content (AvgIpc) is 3.37. The summed E-state index contributed by atoms with van der Waals surface area (Å²) in [5.41, 5.74) is 9.27. The summed E-state index contributed by atoms with van der Waals surface area (Å²) >= 11 is 1.52. The van der Waals surface area contributed by atoms with Crippen molar-refractivity contribution in [1.29, 1.82) is 0 Å². The first-order chi connectivity index (χ1) is 13.5. The molecule has 0 aliphatic carbocycles. The number of carbonyl (C=O) groups is 1. The highest BCUT2D eigenvalue weighted by Crippen LogP contribution is 2.45. The summed E-state index contributed by atoms with van der Waals surface area (Å²) in [5, 5.41) is 10.9. The number of hydrogen-bond donors (Lipinski definition) is 2. The van der Waals surface area contributed by atoms with E-state index in [1.165, 1.54) is 11.3 Å². The number of amides is 1. The SMILES string of the molecule is Cc1ncsc1COc1ccc2oc(C)c(C(N)=O)c2c1C1(CO)CCOC1. The number of aliphatic hydroxyl groups excluding tert-OH is 1. The lowest BCUT2D eigenvalue weighted by molar-refractivity contribution is 0.0999. The van der Waals surface area contributed by atoms with E-state index in [-0.39, 0.29) is 6.61 Å². The van der Waals surface area contributed by atoms with Gasteiger partial charge in [-0.25, -0.2) is 4.98 Å². The van der Waals surface area contributed by atoms with Crippen LogP contribution in [0.1, 0.15) is 38.7 Å². The second-order valence-corrected chi connectivity index (χ2v) is 8.04. The van der Waals surface area contributed by atoms with Crippen LogP contribution in [0.2, 0.25) is 0 Å². The van der Waals surface area contributed by atoms with Crippen LogP contribution in [-0.4, -0.2) is 35.8 Å². The van der Waals surface area contributed by atoms with Crippen molar-refractivity contribution in [3.05, 3.63) is 45.1 Å².